The zero-order valence-electron chi connectivity index (χ0n) is 13.9. The minimum absolute atomic E-state index is 0.317. The molecule has 0 aliphatic carbocycles. The number of benzene rings is 1. The number of hydrogen-bond donors (Lipinski definition) is 2. The third-order valence-electron chi connectivity index (χ3n) is 4.50. The van der Waals surface area contributed by atoms with E-state index >= 15 is 0 Å². The Bertz CT molecular complexity index is 864. The number of anilines is 1. The van der Waals surface area contributed by atoms with Crippen LogP contribution in [0.4, 0.5) is 5.82 Å². The van der Waals surface area contributed by atoms with Crippen LogP contribution in [0.5, 0.6) is 0 Å². The third-order valence-corrected chi connectivity index (χ3v) is 4.50. The van der Waals surface area contributed by atoms with E-state index < -0.39 is 5.69 Å². The highest BCUT2D eigenvalue weighted by atomic mass is 16.2. The van der Waals surface area contributed by atoms with Crippen molar-refractivity contribution in [3.05, 3.63) is 55.7 Å². The highest BCUT2D eigenvalue weighted by Crippen LogP contribution is 2.23. The van der Waals surface area contributed by atoms with Gasteiger partial charge in [-0.25, -0.2) is 9.36 Å². The van der Waals surface area contributed by atoms with Gasteiger partial charge in [-0.1, -0.05) is 6.07 Å². The normalized spacial score (nSPS) is 14.7. The zero-order valence-corrected chi connectivity index (χ0v) is 13.9. The molecule has 0 unspecified atom stereocenters. The number of aromatic nitrogens is 2. The maximum Gasteiger partial charge on any atom is 0.334 e. The van der Waals surface area contributed by atoms with Gasteiger partial charge in [0.25, 0.3) is 5.56 Å². The Balaban J connectivity index is 2.19. The van der Waals surface area contributed by atoms with Gasteiger partial charge in [-0.15, -0.1) is 0 Å². The summed E-state index contributed by atoms with van der Waals surface area (Å²) in [6.07, 6.45) is 0. The van der Waals surface area contributed by atoms with Crippen molar-refractivity contribution in [2.24, 2.45) is 0 Å². The lowest BCUT2D eigenvalue weighted by Crippen LogP contribution is -2.45. The molecular weight excluding hydrogens is 292 g/mol. The number of H-pyrrole nitrogens is 1. The second kappa shape index (κ2) is 5.70. The van der Waals surface area contributed by atoms with E-state index in [4.69, 9.17) is 0 Å². The van der Waals surface area contributed by atoms with Crippen molar-refractivity contribution >= 4 is 5.82 Å². The molecule has 0 spiro atoms. The summed E-state index contributed by atoms with van der Waals surface area (Å²) in [5.74, 6) is 0.596. The molecule has 6 heteroatoms. The molecule has 1 aliphatic heterocycles. The predicted molar refractivity (Wildman–Crippen MR) is 91.3 cm³/mol. The van der Waals surface area contributed by atoms with E-state index in [0.29, 0.717) is 30.6 Å². The van der Waals surface area contributed by atoms with Gasteiger partial charge in [-0.3, -0.25) is 14.7 Å². The molecular formula is C17H22N4O2. The van der Waals surface area contributed by atoms with E-state index in [-0.39, 0.29) is 5.56 Å². The minimum Gasteiger partial charge on any atom is -0.358 e. The molecule has 0 fully saturated rings. The highest BCUT2D eigenvalue weighted by Gasteiger charge is 2.24. The third kappa shape index (κ3) is 2.70. The molecule has 6 nitrogen and oxygen atoms in total. The van der Waals surface area contributed by atoms with Gasteiger partial charge in [0, 0.05) is 12.6 Å². The first kappa shape index (κ1) is 15.6. The van der Waals surface area contributed by atoms with Crippen LogP contribution in [0.25, 0.3) is 5.69 Å². The first-order valence-corrected chi connectivity index (χ1v) is 7.82. The summed E-state index contributed by atoms with van der Waals surface area (Å²) in [6, 6.07) is 6.17. The molecule has 122 valence electrons. The molecule has 2 N–H and O–H groups in total. The van der Waals surface area contributed by atoms with Crippen LogP contribution in [0.3, 0.4) is 0 Å². The number of rotatable bonds is 2. The monoisotopic (exact) mass is 314 g/mol. The maximum atomic E-state index is 12.4. The van der Waals surface area contributed by atoms with Crippen molar-refractivity contribution in [3.8, 4) is 5.69 Å². The van der Waals surface area contributed by atoms with Crippen molar-refractivity contribution in [2.75, 3.05) is 12.0 Å². The largest absolute Gasteiger partial charge is 0.358 e. The number of nitrogens with one attached hydrogen (secondary N) is 2. The number of nitrogens with zero attached hydrogens (tertiary/aromatic N) is 2. The van der Waals surface area contributed by atoms with E-state index in [0.717, 1.165) is 11.3 Å². The zero-order chi connectivity index (χ0) is 16.7. The van der Waals surface area contributed by atoms with E-state index in [1.54, 1.807) is 4.57 Å². The molecule has 0 saturated heterocycles. The van der Waals surface area contributed by atoms with Gasteiger partial charge < -0.3 is 5.32 Å². The molecule has 0 radical (unpaired) electrons. The lowest BCUT2D eigenvalue weighted by atomic mass is 10.1. The lowest BCUT2D eigenvalue weighted by Gasteiger charge is -2.33. The van der Waals surface area contributed by atoms with Crippen LogP contribution in [0.1, 0.15) is 30.5 Å². The average Bonchev–Trinajstić information content (AvgIpc) is 2.50. The van der Waals surface area contributed by atoms with E-state index in [1.807, 2.05) is 32.0 Å². The number of hydrogen-bond acceptors (Lipinski definition) is 4. The molecule has 1 aromatic carbocycles. The van der Waals surface area contributed by atoms with Crippen molar-refractivity contribution < 1.29 is 0 Å². The Labute approximate surface area is 134 Å². The van der Waals surface area contributed by atoms with Crippen LogP contribution in [0.2, 0.25) is 0 Å². The van der Waals surface area contributed by atoms with E-state index in [2.05, 4.69) is 29.0 Å². The van der Waals surface area contributed by atoms with Crippen LogP contribution in [-0.2, 0) is 6.54 Å². The van der Waals surface area contributed by atoms with Crippen LogP contribution in [0.15, 0.2) is 27.8 Å². The molecule has 23 heavy (non-hydrogen) atoms. The van der Waals surface area contributed by atoms with Crippen LogP contribution in [-0.4, -0.2) is 27.2 Å². The van der Waals surface area contributed by atoms with Crippen molar-refractivity contribution in [3.63, 3.8) is 0 Å². The molecule has 1 aromatic heterocycles. The Morgan fingerprint density at radius 2 is 1.87 bits per heavy atom. The highest BCUT2D eigenvalue weighted by molar-refractivity contribution is 5.53. The molecule has 0 amide bonds. The summed E-state index contributed by atoms with van der Waals surface area (Å²) in [5.41, 5.74) is 2.90. The quantitative estimate of drug-likeness (QED) is 0.886. The molecule has 2 aromatic rings. The summed E-state index contributed by atoms with van der Waals surface area (Å²) in [7, 11) is 0. The Kier molecular flexibility index (Phi) is 3.85. The van der Waals surface area contributed by atoms with Crippen molar-refractivity contribution in [1.29, 1.82) is 0 Å². The summed E-state index contributed by atoms with van der Waals surface area (Å²) < 4.78 is 1.56. The molecule has 2 heterocycles. The van der Waals surface area contributed by atoms with Gasteiger partial charge in [0.15, 0.2) is 0 Å². The molecule has 0 atom stereocenters. The van der Waals surface area contributed by atoms with Gasteiger partial charge in [0.1, 0.15) is 5.82 Å². The first-order valence-electron chi connectivity index (χ1n) is 7.82. The predicted octanol–water partition coefficient (Wildman–Crippen LogP) is 1.74. The smallest absolute Gasteiger partial charge is 0.334 e. The fourth-order valence-electron chi connectivity index (χ4n) is 2.82. The van der Waals surface area contributed by atoms with E-state index in [1.165, 1.54) is 5.56 Å². The standard InChI is InChI=1S/C17H22N4O2/c1-10(2)20-8-14-15(18-9-20)21(17(23)19-16(14)22)13-6-5-11(3)12(4)7-13/h5-7,10,18H,8-9H2,1-4H3,(H,19,22,23). The number of aromatic amines is 1. The molecule has 0 bridgehead atoms. The Morgan fingerprint density at radius 1 is 1.13 bits per heavy atom. The summed E-state index contributed by atoms with van der Waals surface area (Å²) in [6.45, 7) is 9.35. The molecule has 3 rings (SSSR count). The van der Waals surface area contributed by atoms with Crippen LogP contribution >= 0.6 is 0 Å². The van der Waals surface area contributed by atoms with Crippen LogP contribution in [0, 0.1) is 13.8 Å². The van der Waals surface area contributed by atoms with Crippen molar-refractivity contribution in [2.45, 2.75) is 40.3 Å². The molecule has 1 aliphatic rings. The Morgan fingerprint density at radius 3 is 2.52 bits per heavy atom. The van der Waals surface area contributed by atoms with Gasteiger partial charge in [0.2, 0.25) is 0 Å². The summed E-state index contributed by atoms with van der Waals surface area (Å²) in [5, 5.41) is 3.25. The second-order valence-corrected chi connectivity index (χ2v) is 6.37. The fraction of sp³-hybridized carbons (Fsp3) is 0.412. The Hall–Kier alpha value is -2.34. The summed E-state index contributed by atoms with van der Waals surface area (Å²) >= 11 is 0. The minimum atomic E-state index is -0.414. The van der Waals surface area contributed by atoms with E-state index in [9.17, 15) is 9.59 Å². The van der Waals surface area contributed by atoms with Gasteiger partial charge in [-0.05, 0) is 51.0 Å². The van der Waals surface area contributed by atoms with Crippen molar-refractivity contribution in [1.82, 2.24) is 14.5 Å². The van der Waals surface area contributed by atoms with Crippen LogP contribution < -0.4 is 16.6 Å². The summed E-state index contributed by atoms with van der Waals surface area (Å²) in [4.78, 5) is 29.2. The SMILES string of the molecule is Cc1ccc(-n2c3c(c(=O)[nH]c2=O)CN(C(C)C)CN3)cc1C. The second-order valence-electron chi connectivity index (χ2n) is 6.37. The lowest BCUT2D eigenvalue weighted by molar-refractivity contribution is 0.219. The topological polar surface area (TPSA) is 70.1 Å². The number of aryl methyl sites for hydroxylation is 2. The first-order chi connectivity index (χ1) is 10.9. The fourth-order valence-corrected chi connectivity index (χ4v) is 2.82. The average molecular weight is 314 g/mol. The molecule has 0 saturated carbocycles. The van der Waals surface area contributed by atoms with Gasteiger partial charge >= 0.3 is 5.69 Å². The number of fused-ring (bicyclic) bond motifs is 1. The van der Waals surface area contributed by atoms with Gasteiger partial charge in [0.05, 0.1) is 17.9 Å². The van der Waals surface area contributed by atoms with Gasteiger partial charge in [-0.2, -0.15) is 0 Å². The maximum absolute atomic E-state index is 12.4.